The van der Waals surface area contributed by atoms with Crippen LogP contribution < -0.4 is 9.64 Å². The summed E-state index contributed by atoms with van der Waals surface area (Å²) < 4.78 is 52.6. The van der Waals surface area contributed by atoms with Crippen LogP contribution in [0.2, 0.25) is 0 Å². The van der Waals surface area contributed by atoms with Gasteiger partial charge in [-0.2, -0.15) is 0 Å². The maximum absolute atomic E-state index is 15.9. The fourth-order valence-electron chi connectivity index (χ4n) is 12.1. The van der Waals surface area contributed by atoms with Gasteiger partial charge in [-0.05, 0) is 182 Å². The van der Waals surface area contributed by atoms with Crippen LogP contribution in [0.15, 0.2) is 219 Å². The van der Waals surface area contributed by atoms with Crippen molar-refractivity contribution >= 4 is 23.1 Å². The van der Waals surface area contributed by atoms with E-state index in [2.05, 4.69) is 134 Å². The van der Waals surface area contributed by atoms with Crippen molar-refractivity contribution in [2.45, 2.75) is 24.7 Å². The molecule has 0 heterocycles. The summed E-state index contributed by atoms with van der Waals surface area (Å²) in [5.41, 5.74) is 18.3. The number of ether oxygens (including phenoxy) is 1. The number of hydrogen-bond acceptors (Lipinski definition) is 2. The Bertz CT molecular complexity index is 3820. The monoisotopic (exact) mass is 923 g/mol. The van der Waals surface area contributed by atoms with Crippen molar-refractivity contribution in [2.24, 2.45) is 0 Å². The molecule has 1 spiro atoms. The van der Waals surface area contributed by atoms with Crippen LogP contribution in [0.25, 0.3) is 39.5 Å². The van der Waals surface area contributed by atoms with E-state index < -0.39 is 22.5 Å². The zero-order valence-electron chi connectivity index (χ0n) is 39.0. The Morgan fingerprint density at radius 1 is 0.394 bits per heavy atom. The van der Waals surface area contributed by atoms with Crippen molar-refractivity contribution in [3.8, 4) is 44.9 Å². The third kappa shape index (κ3) is 6.15. The van der Waals surface area contributed by atoms with Crippen molar-refractivity contribution in [3.63, 3.8) is 0 Å². The molecule has 2 atom stereocenters. The molecule has 0 aromatic heterocycles. The van der Waals surface area contributed by atoms with Crippen LogP contribution in [-0.4, -0.2) is 0 Å². The molecular weight excluding hydrogens is 880 g/mol. The highest BCUT2D eigenvalue weighted by molar-refractivity contribution is 5.97. The van der Waals surface area contributed by atoms with E-state index in [1.165, 1.54) is 62.7 Å². The highest BCUT2D eigenvalue weighted by atomic mass is 19.2. The van der Waals surface area contributed by atoms with Crippen LogP contribution in [0.5, 0.6) is 11.5 Å². The van der Waals surface area contributed by atoms with E-state index in [1.807, 2.05) is 72.8 Å². The summed E-state index contributed by atoms with van der Waals surface area (Å²) in [7, 11) is 0. The minimum atomic E-state index is -1.11. The van der Waals surface area contributed by atoms with Crippen LogP contribution in [-0.2, 0) is 10.8 Å². The summed E-state index contributed by atoms with van der Waals surface area (Å²) >= 11 is 0. The summed E-state index contributed by atoms with van der Waals surface area (Å²) in [5.74, 6) is -0.859. The molecule has 0 radical (unpaired) electrons. The molecule has 10 aromatic carbocycles. The molecule has 0 aliphatic heterocycles. The van der Waals surface area contributed by atoms with Gasteiger partial charge in [0.25, 0.3) is 0 Å². The summed E-state index contributed by atoms with van der Waals surface area (Å²) in [5, 5.41) is 0. The Kier molecular flexibility index (Phi) is 9.53. The molecule has 5 heteroatoms. The lowest BCUT2D eigenvalue weighted by molar-refractivity contribution is 0.482. The number of aryl methyl sites for hydroxylation is 2. The predicted molar refractivity (Wildman–Crippen MR) is 281 cm³/mol. The van der Waals surface area contributed by atoms with E-state index in [4.69, 9.17) is 4.74 Å². The van der Waals surface area contributed by atoms with Crippen molar-refractivity contribution in [1.29, 1.82) is 0 Å². The molecule has 3 aliphatic carbocycles. The van der Waals surface area contributed by atoms with Gasteiger partial charge in [-0.1, -0.05) is 152 Å². The third-order valence-corrected chi connectivity index (χ3v) is 15.2. The van der Waals surface area contributed by atoms with Crippen molar-refractivity contribution in [1.82, 2.24) is 0 Å². The van der Waals surface area contributed by atoms with Crippen LogP contribution in [0.3, 0.4) is 0 Å². The average molecular weight is 924 g/mol. The standard InChI is InChI=1S/C66H44F3NO/c1-4-42-18-26-48(27-19-42)71-49-28-20-43(21-29-49)65(44-22-33-63(68)64(69)37-44)56-14-8-5-11-50(56)54-31-23-46(38-60(54)65)70(45-25-34-62(67)41(3)36-45)47-24-32-55-52-13-7-10-16-58(52)66(61(55)39-47)57-15-9-6-12-51(57)53-30-17-40(2)35-59(53)66/h4-39H,1H2,2-3H3. The molecule has 0 saturated heterocycles. The fourth-order valence-corrected chi connectivity index (χ4v) is 12.1. The summed E-state index contributed by atoms with van der Waals surface area (Å²) in [4.78, 5) is 2.20. The highest BCUT2D eigenvalue weighted by Crippen LogP contribution is 2.64. The van der Waals surface area contributed by atoms with Gasteiger partial charge in [-0.15, -0.1) is 0 Å². The summed E-state index contributed by atoms with van der Waals surface area (Å²) in [6.45, 7) is 7.81. The van der Waals surface area contributed by atoms with Crippen LogP contribution in [0, 0.1) is 31.3 Å². The Hall–Kier alpha value is -8.67. The normalized spacial score (nSPS) is 16.4. The molecule has 0 fully saturated rings. The first-order valence-electron chi connectivity index (χ1n) is 23.9. The van der Waals surface area contributed by atoms with Gasteiger partial charge in [0.05, 0.1) is 10.8 Å². The van der Waals surface area contributed by atoms with Gasteiger partial charge in [-0.3, -0.25) is 0 Å². The van der Waals surface area contributed by atoms with Crippen LogP contribution in [0.4, 0.5) is 30.2 Å². The number of benzene rings is 10. The molecule has 0 saturated carbocycles. The fraction of sp³-hybridized carbons (Fsp3) is 0.0606. The Balaban J connectivity index is 1.05. The topological polar surface area (TPSA) is 12.5 Å². The second-order valence-electron chi connectivity index (χ2n) is 18.9. The van der Waals surface area contributed by atoms with E-state index in [-0.39, 0.29) is 5.82 Å². The molecule has 340 valence electrons. The molecule has 71 heavy (non-hydrogen) atoms. The molecule has 2 nitrogen and oxygen atoms in total. The first-order valence-corrected chi connectivity index (χ1v) is 23.9. The quantitative estimate of drug-likeness (QED) is 0.151. The smallest absolute Gasteiger partial charge is 0.159 e. The van der Waals surface area contributed by atoms with E-state index in [1.54, 1.807) is 19.1 Å². The van der Waals surface area contributed by atoms with E-state index >= 15 is 13.2 Å². The maximum Gasteiger partial charge on any atom is 0.159 e. The van der Waals surface area contributed by atoms with E-state index in [0.717, 1.165) is 56.0 Å². The van der Waals surface area contributed by atoms with Crippen LogP contribution in [0.1, 0.15) is 61.2 Å². The third-order valence-electron chi connectivity index (χ3n) is 15.2. The summed E-state index contributed by atoms with van der Waals surface area (Å²) in [6, 6.07) is 70.8. The lowest BCUT2D eigenvalue weighted by Crippen LogP contribution is -2.29. The van der Waals surface area contributed by atoms with Gasteiger partial charge in [0.1, 0.15) is 17.3 Å². The first kappa shape index (κ1) is 42.4. The van der Waals surface area contributed by atoms with Gasteiger partial charge < -0.3 is 9.64 Å². The molecule has 0 bridgehead atoms. The Labute approximate surface area is 411 Å². The van der Waals surface area contributed by atoms with E-state index in [0.29, 0.717) is 22.6 Å². The zero-order valence-corrected chi connectivity index (χ0v) is 39.0. The average Bonchev–Trinajstić information content (AvgIpc) is 3.99. The van der Waals surface area contributed by atoms with Crippen LogP contribution >= 0.6 is 0 Å². The zero-order chi connectivity index (χ0) is 48.2. The molecule has 0 amide bonds. The summed E-state index contributed by atoms with van der Waals surface area (Å²) in [6.07, 6.45) is 1.79. The molecule has 3 aliphatic rings. The molecule has 2 unspecified atom stereocenters. The second-order valence-corrected chi connectivity index (χ2v) is 18.9. The van der Waals surface area contributed by atoms with Gasteiger partial charge in [-0.25, -0.2) is 13.2 Å². The number of halogens is 3. The largest absolute Gasteiger partial charge is 0.457 e. The number of rotatable bonds is 8. The molecular formula is C66H44F3NO. The maximum atomic E-state index is 15.9. The minimum Gasteiger partial charge on any atom is -0.457 e. The molecule has 13 rings (SSSR count). The number of fused-ring (bicyclic) bond motifs is 13. The molecule has 0 N–H and O–H groups in total. The van der Waals surface area contributed by atoms with Crippen molar-refractivity contribution < 1.29 is 17.9 Å². The Morgan fingerprint density at radius 2 is 0.845 bits per heavy atom. The van der Waals surface area contributed by atoms with Gasteiger partial charge in [0.15, 0.2) is 11.6 Å². The number of nitrogens with zero attached hydrogens (tertiary/aromatic N) is 1. The minimum absolute atomic E-state index is 0.297. The SMILES string of the molecule is C=Cc1ccc(Oc2ccc(C3(c4ccc(F)c(F)c4)c4ccccc4-c4ccc(N(c5ccc(F)c(C)c5)c5ccc6c(c5)C5(c7ccccc7-c7ccc(C)cc75)c5ccccc5-6)cc43)cc2)cc1. The Morgan fingerprint density at radius 3 is 1.41 bits per heavy atom. The number of hydrogen-bond donors (Lipinski definition) is 0. The van der Waals surface area contributed by atoms with Gasteiger partial charge in [0, 0.05) is 17.1 Å². The first-order chi connectivity index (χ1) is 34.7. The van der Waals surface area contributed by atoms with Crippen molar-refractivity contribution in [2.75, 3.05) is 4.90 Å². The lowest BCUT2D eigenvalue weighted by atomic mass is 9.67. The van der Waals surface area contributed by atoms with Crippen molar-refractivity contribution in [3.05, 3.63) is 298 Å². The lowest BCUT2D eigenvalue weighted by Gasteiger charge is -2.35. The number of anilines is 3. The predicted octanol–water partition coefficient (Wildman–Crippen LogP) is 17.3. The van der Waals surface area contributed by atoms with E-state index in [9.17, 15) is 0 Å². The van der Waals surface area contributed by atoms with Gasteiger partial charge >= 0.3 is 0 Å². The molecule has 10 aromatic rings. The highest BCUT2D eigenvalue weighted by Gasteiger charge is 2.52. The van der Waals surface area contributed by atoms with Gasteiger partial charge in [0.2, 0.25) is 0 Å². The second kappa shape index (κ2) is 15.9.